The van der Waals surface area contributed by atoms with Gasteiger partial charge in [0.05, 0.1) is 0 Å². The van der Waals surface area contributed by atoms with Gasteiger partial charge in [-0.2, -0.15) is 0 Å². The zero-order chi connectivity index (χ0) is 19.4. The zero-order valence-corrected chi connectivity index (χ0v) is 17.4. The van der Waals surface area contributed by atoms with Crippen LogP contribution in [-0.2, 0) is 12.8 Å². The molecule has 3 rings (SSSR count). The molecule has 2 aromatic carbocycles. The van der Waals surface area contributed by atoms with Crippen LogP contribution in [0.4, 0.5) is 4.39 Å². The highest BCUT2D eigenvalue weighted by molar-refractivity contribution is 9.10. The van der Waals surface area contributed by atoms with Crippen molar-refractivity contribution in [2.24, 2.45) is 5.92 Å². The Labute approximate surface area is 169 Å². The fraction of sp³-hybridized carbons (Fsp3) is 0.455. The summed E-state index contributed by atoms with van der Waals surface area (Å²) in [6, 6.07) is 13.2. The van der Waals surface area contributed by atoms with Gasteiger partial charge in [0.15, 0.2) is 11.6 Å². The summed E-state index contributed by atoms with van der Waals surface area (Å²) < 4.78 is 19.9. The van der Waals surface area contributed by atoms with Crippen LogP contribution in [0.25, 0.3) is 0 Å². The zero-order valence-electron chi connectivity index (χ0n) is 15.8. The van der Waals surface area contributed by atoms with E-state index in [0.717, 1.165) is 23.7 Å². The highest BCUT2D eigenvalue weighted by Crippen LogP contribution is 2.31. The molecule has 0 aliphatic heterocycles. The van der Waals surface area contributed by atoms with E-state index in [2.05, 4.69) is 59.4 Å². The van der Waals surface area contributed by atoms with E-state index in [9.17, 15) is 9.50 Å². The van der Waals surface area contributed by atoms with Crippen molar-refractivity contribution in [2.45, 2.75) is 44.8 Å². The number of β-amino-alcohol motifs (C(OH)–C–C–N with tert-alkyl or cyclic N) is 1. The molecule has 1 aliphatic rings. The van der Waals surface area contributed by atoms with Crippen LogP contribution < -0.4 is 10.1 Å². The average molecular weight is 436 g/mol. The second kappa shape index (κ2) is 8.72. The number of rotatable bonds is 8. The molecule has 0 heterocycles. The Balaban J connectivity index is 1.44. The topological polar surface area (TPSA) is 41.5 Å². The summed E-state index contributed by atoms with van der Waals surface area (Å²) in [6.45, 7) is 4.78. The van der Waals surface area contributed by atoms with Crippen molar-refractivity contribution in [1.82, 2.24) is 5.32 Å². The minimum Gasteiger partial charge on any atom is -0.488 e. The first kappa shape index (κ1) is 20.3. The second-order valence-electron chi connectivity index (χ2n) is 8.05. The van der Waals surface area contributed by atoms with Gasteiger partial charge in [-0.1, -0.05) is 40.2 Å². The van der Waals surface area contributed by atoms with Crippen molar-refractivity contribution in [1.29, 1.82) is 0 Å². The second-order valence-corrected chi connectivity index (χ2v) is 8.97. The maximum Gasteiger partial charge on any atom is 0.165 e. The van der Waals surface area contributed by atoms with E-state index in [0.29, 0.717) is 12.5 Å². The number of ether oxygens (including phenoxy) is 1. The highest BCUT2D eigenvalue weighted by atomic mass is 79.9. The third kappa shape index (κ3) is 5.77. The predicted octanol–water partition coefficient (Wildman–Crippen LogP) is 4.50. The van der Waals surface area contributed by atoms with Crippen molar-refractivity contribution in [3.05, 3.63) is 63.9 Å². The Morgan fingerprint density at radius 1 is 1.22 bits per heavy atom. The number of fused-ring (bicyclic) bond motifs is 1. The Kier molecular flexibility index (Phi) is 6.56. The molecule has 27 heavy (non-hydrogen) atoms. The molecule has 1 aliphatic carbocycles. The normalized spacial score (nSPS) is 15.6. The molecule has 2 N–H and O–H groups in total. The van der Waals surface area contributed by atoms with Gasteiger partial charge in [0.1, 0.15) is 12.7 Å². The van der Waals surface area contributed by atoms with Crippen molar-refractivity contribution in [3.8, 4) is 5.75 Å². The summed E-state index contributed by atoms with van der Waals surface area (Å²) in [4.78, 5) is 0. The lowest BCUT2D eigenvalue weighted by molar-refractivity contribution is 0.0946. The molecule has 0 unspecified atom stereocenters. The van der Waals surface area contributed by atoms with Crippen molar-refractivity contribution in [3.63, 3.8) is 0 Å². The first-order valence-electron chi connectivity index (χ1n) is 9.40. The Morgan fingerprint density at radius 2 is 1.89 bits per heavy atom. The molecule has 0 amide bonds. The van der Waals surface area contributed by atoms with Gasteiger partial charge in [0.2, 0.25) is 0 Å². The molecule has 0 saturated carbocycles. The van der Waals surface area contributed by atoms with Crippen LogP contribution in [0.1, 0.15) is 31.4 Å². The van der Waals surface area contributed by atoms with Crippen LogP contribution in [0.5, 0.6) is 5.75 Å². The van der Waals surface area contributed by atoms with Crippen LogP contribution in [0, 0.1) is 11.7 Å². The maximum absolute atomic E-state index is 13.7. The monoisotopic (exact) mass is 435 g/mol. The van der Waals surface area contributed by atoms with Gasteiger partial charge < -0.3 is 15.2 Å². The minimum absolute atomic E-state index is 0.0469. The number of halogens is 2. The van der Waals surface area contributed by atoms with E-state index in [4.69, 9.17) is 4.74 Å². The van der Waals surface area contributed by atoms with Crippen LogP contribution in [0.15, 0.2) is 46.9 Å². The first-order chi connectivity index (χ1) is 12.8. The largest absolute Gasteiger partial charge is 0.488 e. The molecule has 0 fully saturated rings. The van der Waals surface area contributed by atoms with Crippen molar-refractivity contribution in [2.75, 3.05) is 13.2 Å². The fourth-order valence-electron chi connectivity index (χ4n) is 3.81. The summed E-state index contributed by atoms with van der Waals surface area (Å²) in [7, 11) is 0. The van der Waals surface area contributed by atoms with E-state index in [-0.39, 0.29) is 17.9 Å². The summed E-state index contributed by atoms with van der Waals surface area (Å²) in [5, 5.41) is 13.7. The molecule has 3 nitrogen and oxygen atoms in total. The molecule has 0 bridgehead atoms. The fourth-order valence-corrected chi connectivity index (χ4v) is 4.16. The lowest BCUT2D eigenvalue weighted by atomic mass is 9.88. The lowest BCUT2D eigenvalue weighted by Crippen LogP contribution is -2.46. The highest BCUT2D eigenvalue weighted by Gasteiger charge is 2.28. The Morgan fingerprint density at radius 3 is 2.56 bits per heavy atom. The minimum atomic E-state index is -0.705. The van der Waals surface area contributed by atoms with Gasteiger partial charge in [0, 0.05) is 16.6 Å². The van der Waals surface area contributed by atoms with Gasteiger partial charge in [0.25, 0.3) is 0 Å². The third-order valence-corrected chi connectivity index (χ3v) is 5.57. The molecular formula is C22H27BrFNO2. The SMILES string of the molecule is CC(C)(CC1Cc2ccccc2C1)NC[C@@H](O)COc1cc(Br)ccc1F. The molecule has 0 saturated heterocycles. The quantitative estimate of drug-likeness (QED) is 0.641. The van der Waals surface area contributed by atoms with Gasteiger partial charge in [-0.25, -0.2) is 4.39 Å². The summed E-state index contributed by atoms with van der Waals surface area (Å²) in [5.41, 5.74) is 2.83. The van der Waals surface area contributed by atoms with E-state index in [1.807, 2.05) is 0 Å². The molecular weight excluding hydrogens is 409 g/mol. The Hall–Kier alpha value is -1.43. The van der Waals surface area contributed by atoms with E-state index in [1.165, 1.54) is 17.2 Å². The van der Waals surface area contributed by atoms with Crippen LogP contribution in [0.2, 0.25) is 0 Å². The lowest BCUT2D eigenvalue weighted by Gasteiger charge is -2.30. The van der Waals surface area contributed by atoms with E-state index >= 15 is 0 Å². The number of nitrogens with one attached hydrogen (secondary N) is 1. The van der Waals surface area contributed by atoms with Crippen molar-refractivity contribution >= 4 is 15.9 Å². The molecule has 146 valence electrons. The maximum atomic E-state index is 13.7. The Bertz CT molecular complexity index is 756. The van der Waals surface area contributed by atoms with Gasteiger partial charge in [-0.05, 0) is 68.4 Å². The summed E-state index contributed by atoms with van der Waals surface area (Å²) in [5.74, 6) is 0.333. The van der Waals surface area contributed by atoms with Crippen molar-refractivity contribution < 1.29 is 14.2 Å². The van der Waals surface area contributed by atoms with E-state index in [1.54, 1.807) is 12.1 Å². The summed E-state index contributed by atoms with van der Waals surface area (Å²) >= 11 is 3.29. The third-order valence-electron chi connectivity index (χ3n) is 5.08. The molecule has 0 spiro atoms. The number of hydrogen-bond acceptors (Lipinski definition) is 3. The average Bonchev–Trinajstić information content (AvgIpc) is 3.02. The molecule has 0 aromatic heterocycles. The van der Waals surface area contributed by atoms with Gasteiger partial charge >= 0.3 is 0 Å². The molecule has 5 heteroatoms. The number of benzene rings is 2. The number of hydrogen-bond donors (Lipinski definition) is 2. The van der Waals surface area contributed by atoms with Crippen LogP contribution in [-0.4, -0.2) is 29.9 Å². The first-order valence-corrected chi connectivity index (χ1v) is 10.2. The number of aliphatic hydroxyl groups excluding tert-OH is 1. The van der Waals surface area contributed by atoms with Crippen LogP contribution in [0.3, 0.4) is 0 Å². The van der Waals surface area contributed by atoms with Crippen LogP contribution >= 0.6 is 15.9 Å². The van der Waals surface area contributed by atoms with E-state index < -0.39 is 11.9 Å². The standard InChI is InChI=1S/C22H27BrFNO2/c1-22(2,12-15-9-16-5-3-4-6-17(16)10-15)25-13-19(26)14-27-21-11-18(23)7-8-20(21)24/h3-8,11,15,19,25-26H,9-10,12-14H2,1-2H3/t19-/m1/s1. The molecule has 0 radical (unpaired) electrons. The number of aliphatic hydroxyl groups is 1. The smallest absolute Gasteiger partial charge is 0.165 e. The molecule has 2 aromatic rings. The predicted molar refractivity (Wildman–Crippen MR) is 110 cm³/mol. The summed E-state index contributed by atoms with van der Waals surface area (Å²) in [6.07, 6.45) is 2.57. The van der Waals surface area contributed by atoms with Gasteiger partial charge in [-0.3, -0.25) is 0 Å². The molecule has 1 atom stereocenters. The van der Waals surface area contributed by atoms with Gasteiger partial charge in [-0.15, -0.1) is 0 Å².